The van der Waals surface area contributed by atoms with Gasteiger partial charge in [0.2, 0.25) is 5.91 Å². The van der Waals surface area contributed by atoms with Crippen LogP contribution in [-0.2, 0) is 16.1 Å². The molecular formula is C14H20N2O2S. The van der Waals surface area contributed by atoms with Gasteiger partial charge in [-0.25, -0.2) is 0 Å². The lowest BCUT2D eigenvalue weighted by atomic mass is 9.83. The Bertz CT molecular complexity index is 438. The Morgan fingerprint density at radius 2 is 2.32 bits per heavy atom. The van der Waals surface area contributed by atoms with Crippen LogP contribution in [0.15, 0.2) is 17.5 Å². The zero-order chi connectivity index (χ0) is 13.3. The normalized spacial score (nSPS) is 27.4. The van der Waals surface area contributed by atoms with Crippen LogP contribution in [0.25, 0.3) is 0 Å². The number of carbonyl (C=O) groups is 1. The van der Waals surface area contributed by atoms with Crippen molar-refractivity contribution < 1.29 is 9.53 Å². The first-order valence-electron chi connectivity index (χ1n) is 6.86. The van der Waals surface area contributed by atoms with Crippen LogP contribution in [0.5, 0.6) is 0 Å². The first-order chi connectivity index (χ1) is 9.18. The molecule has 0 bridgehead atoms. The van der Waals surface area contributed by atoms with Gasteiger partial charge in [-0.3, -0.25) is 9.69 Å². The number of nitrogens with zero attached hydrogens (tertiary/aromatic N) is 1. The molecule has 1 aromatic heterocycles. The number of thiophene rings is 1. The number of piperidine rings is 1. The number of hydrogen-bond acceptors (Lipinski definition) is 4. The molecule has 2 aliphatic heterocycles. The number of rotatable bonds is 2. The predicted molar refractivity (Wildman–Crippen MR) is 75.1 cm³/mol. The van der Waals surface area contributed by atoms with Crippen molar-refractivity contribution in [3.8, 4) is 0 Å². The second-order valence-electron chi connectivity index (χ2n) is 5.50. The quantitative estimate of drug-likeness (QED) is 0.895. The molecule has 1 atom stereocenters. The van der Waals surface area contributed by atoms with Gasteiger partial charge in [-0.1, -0.05) is 6.07 Å². The fourth-order valence-electron chi connectivity index (χ4n) is 3.04. The number of likely N-dealkylation sites (tertiary alicyclic amines) is 1. The van der Waals surface area contributed by atoms with Gasteiger partial charge < -0.3 is 10.1 Å². The average molecular weight is 280 g/mol. The molecule has 4 nitrogen and oxygen atoms in total. The molecule has 1 N–H and O–H groups in total. The topological polar surface area (TPSA) is 41.6 Å². The maximum Gasteiger partial charge on any atom is 0.246 e. The largest absolute Gasteiger partial charge is 0.363 e. The molecule has 104 valence electrons. The molecular weight excluding hydrogens is 260 g/mol. The Balaban J connectivity index is 1.58. The maximum atomic E-state index is 11.3. The van der Waals surface area contributed by atoms with E-state index in [1.165, 1.54) is 4.88 Å². The van der Waals surface area contributed by atoms with Crippen molar-refractivity contribution in [3.63, 3.8) is 0 Å². The van der Waals surface area contributed by atoms with Crippen LogP contribution >= 0.6 is 11.3 Å². The Labute approximate surface area is 117 Å². The van der Waals surface area contributed by atoms with Crippen molar-refractivity contribution in [2.24, 2.45) is 0 Å². The minimum Gasteiger partial charge on any atom is -0.363 e. The molecule has 0 aromatic carbocycles. The third kappa shape index (κ3) is 2.68. The Hall–Kier alpha value is -0.910. The van der Waals surface area contributed by atoms with E-state index in [9.17, 15) is 4.79 Å². The number of morpholine rings is 1. The van der Waals surface area contributed by atoms with Crippen LogP contribution in [-0.4, -0.2) is 42.1 Å². The number of carbonyl (C=O) groups excluding carboxylic acids is 1. The molecule has 2 aliphatic rings. The lowest BCUT2D eigenvalue weighted by Crippen LogP contribution is -2.62. The molecule has 5 heteroatoms. The van der Waals surface area contributed by atoms with Crippen molar-refractivity contribution in [3.05, 3.63) is 22.4 Å². The van der Waals surface area contributed by atoms with Crippen molar-refractivity contribution in [1.29, 1.82) is 0 Å². The summed E-state index contributed by atoms with van der Waals surface area (Å²) in [5.74, 6) is 0.0131. The molecule has 3 heterocycles. The molecule has 0 saturated carbocycles. The molecule has 1 spiro atoms. The third-order valence-corrected chi connectivity index (χ3v) is 5.18. The zero-order valence-corrected chi connectivity index (χ0v) is 12.0. The van der Waals surface area contributed by atoms with Gasteiger partial charge >= 0.3 is 0 Å². The number of hydrogen-bond donors (Lipinski definition) is 1. The van der Waals surface area contributed by atoms with E-state index in [0.29, 0.717) is 0 Å². The van der Waals surface area contributed by atoms with Gasteiger partial charge in [0.25, 0.3) is 0 Å². The first-order valence-corrected chi connectivity index (χ1v) is 7.74. The van der Waals surface area contributed by atoms with Crippen LogP contribution in [0.2, 0.25) is 0 Å². The highest BCUT2D eigenvalue weighted by Gasteiger charge is 2.44. The van der Waals surface area contributed by atoms with Gasteiger partial charge in [-0.05, 0) is 31.2 Å². The maximum absolute atomic E-state index is 11.3. The molecule has 1 amide bonds. The van der Waals surface area contributed by atoms with Crippen LogP contribution in [0, 0.1) is 0 Å². The summed E-state index contributed by atoms with van der Waals surface area (Å²) >= 11 is 1.81. The lowest BCUT2D eigenvalue weighted by molar-refractivity contribution is -0.159. The lowest BCUT2D eigenvalue weighted by Gasteiger charge is -2.47. The van der Waals surface area contributed by atoms with Gasteiger partial charge in [0.1, 0.15) is 6.61 Å². The van der Waals surface area contributed by atoms with E-state index >= 15 is 0 Å². The Morgan fingerprint density at radius 3 is 2.95 bits per heavy atom. The van der Waals surface area contributed by atoms with E-state index < -0.39 is 0 Å². The summed E-state index contributed by atoms with van der Waals surface area (Å²) in [7, 11) is 0. The number of ether oxygens (including phenoxy) is 1. The summed E-state index contributed by atoms with van der Waals surface area (Å²) in [6.45, 7) is 5.39. The fourth-order valence-corrected chi connectivity index (χ4v) is 3.79. The summed E-state index contributed by atoms with van der Waals surface area (Å²) < 4.78 is 5.88. The van der Waals surface area contributed by atoms with Gasteiger partial charge in [0.15, 0.2) is 0 Å². The van der Waals surface area contributed by atoms with Gasteiger partial charge in [-0.15, -0.1) is 11.3 Å². The summed E-state index contributed by atoms with van der Waals surface area (Å²) in [4.78, 5) is 15.2. The predicted octanol–water partition coefficient (Wildman–Crippen LogP) is 1.62. The minimum absolute atomic E-state index is 0.0131. The van der Waals surface area contributed by atoms with E-state index in [0.717, 1.165) is 32.5 Å². The highest BCUT2D eigenvalue weighted by molar-refractivity contribution is 7.09. The van der Waals surface area contributed by atoms with E-state index in [-0.39, 0.29) is 24.2 Å². The van der Waals surface area contributed by atoms with Gasteiger partial charge in [-0.2, -0.15) is 0 Å². The van der Waals surface area contributed by atoms with E-state index in [4.69, 9.17) is 4.74 Å². The van der Waals surface area contributed by atoms with Crippen LogP contribution in [0.3, 0.4) is 0 Å². The van der Waals surface area contributed by atoms with Crippen molar-refractivity contribution in [2.75, 3.05) is 19.7 Å². The molecule has 19 heavy (non-hydrogen) atoms. The van der Waals surface area contributed by atoms with E-state index in [1.807, 2.05) is 11.3 Å². The summed E-state index contributed by atoms with van der Waals surface area (Å²) in [5.41, 5.74) is -0.139. The highest BCUT2D eigenvalue weighted by atomic mass is 32.1. The van der Waals surface area contributed by atoms with E-state index in [1.54, 1.807) is 0 Å². The van der Waals surface area contributed by atoms with E-state index in [2.05, 4.69) is 34.7 Å². The van der Waals surface area contributed by atoms with Crippen molar-refractivity contribution in [2.45, 2.75) is 38.0 Å². The summed E-state index contributed by atoms with van der Waals surface area (Å²) in [6, 6.07) is 4.42. The zero-order valence-electron chi connectivity index (χ0n) is 11.2. The molecule has 1 aromatic rings. The Kier molecular flexibility index (Phi) is 3.60. The van der Waals surface area contributed by atoms with Crippen molar-refractivity contribution >= 4 is 17.2 Å². The molecule has 2 saturated heterocycles. The van der Waals surface area contributed by atoms with Crippen molar-refractivity contribution in [1.82, 2.24) is 10.2 Å². The van der Waals surface area contributed by atoms with Crippen LogP contribution in [0.1, 0.15) is 24.6 Å². The minimum atomic E-state index is -0.139. The number of amides is 1. The average Bonchev–Trinajstić information content (AvgIpc) is 2.90. The fraction of sp³-hybridized carbons (Fsp3) is 0.643. The second-order valence-corrected chi connectivity index (χ2v) is 6.53. The SMILES string of the molecule is CC1NC(=O)COC12CCN(Cc1cccs1)CC2. The second kappa shape index (κ2) is 5.23. The van der Waals surface area contributed by atoms with Gasteiger partial charge in [0.05, 0.1) is 11.6 Å². The number of nitrogens with one attached hydrogen (secondary N) is 1. The summed E-state index contributed by atoms with van der Waals surface area (Å²) in [6.07, 6.45) is 2.00. The molecule has 2 fully saturated rings. The molecule has 0 radical (unpaired) electrons. The standard InChI is InChI=1S/C14H20N2O2S/c1-11-14(18-10-13(17)15-11)4-6-16(7-5-14)9-12-3-2-8-19-12/h2-3,8,11H,4-7,9-10H2,1H3,(H,15,17). The van der Waals surface area contributed by atoms with Crippen LogP contribution < -0.4 is 5.32 Å². The Morgan fingerprint density at radius 1 is 1.53 bits per heavy atom. The molecule has 1 unspecified atom stereocenters. The smallest absolute Gasteiger partial charge is 0.246 e. The van der Waals surface area contributed by atoms with Gasteiger partial charge in [0, 0.05) is 24.5 Å². The molecule has 0 aliphatic carbocycles. The molecule has 3 rings (SSSR count). The monoisotopic (exact) mass is 280 g/mol. The first kappa shape index (κ1) is 13.1. The summed E-state index contributed by atoms with van der Waals surface area (Å²) in [5, 5.41) is 5.15. The third-order valence-electron chi connectivity index (χ3n) is 4.32. The van der Waals surface area contributed by atoms with Crippen LogP contribution in [0.4, 0.5) is 0 Å². The highest BCUT2D eigenvalue weighted by Crippen LogP contribution is 2.32.